The molecule has 0 spiro atoms. The minimum atomic E-state index is -0.270. The highest BCUT2D eigenvalue weighted by Gasteiger charge is 2.23. The number of guanidine groups is 1. The lowest BCUT2D eigenvalue weighted by Crippen LogP contribution is -2.51. The van der Waals surface area contributed by atoms with Gasteiger partial charge in [0.2, 0.25) is 5.91 Å². The molecule has 26 heavy (non-hydrogen) atoms. The second kappa shape index (κ2) is 11.3. The number of ether oxygens (including phenoxy) is 1. The van der Waals surface area contributed by atoms with E-state index in [2.05, 4.69) is 15.6 Å². The zero-order valence-electron chi connectivity index (χ0n) is 15.5. The molecule has 0 saturated carbocycles. The zero-order chi connectivity index (χ0) is 18.2. The normalized spacial score (nSPS) is 18.9. The van der Waals surface area contributed by atoms with Gasteiger partial charge in [-0.15, -0.1) is 24.0 Å². The maximum absolute atomic E-state index is 13.1. The third-order valence-electron chi connectivity index (χ3n) is 4.25. The number of likely N-dealkylation sites (N-methyl/N-ethyl adjacent to an activating group) is 1. The van der Waals surface area contributed by atoms with Gasteiger partial charge in [0.05, 0.1) is 6.54 Å². The second-order valence-corrected chi connectivity index (χ2v) is 6.15. The molecular formula is C18H28FIN4O2. The van der Waals surface area contributed by atoms with Gasteiger partial charge in [0.25, 0.3) is 0 Å². The number of nitrogens with one attached hydrogen (secondary N) is 2. The summed E-state index contributed by atoms with van der Waals surface area (Å²) in [5, 5.41) is 6.59. The molecule has 2 N–H and O–H groups in total. The number of amides is 1. The van der Waals surface area contributed by atoms with Gasteiger partial charge in [0.1, 0.15) is 11.9 Å². The largest absolute Gasteiger partial charge is 0.375 e. The first-order chi connectivity index (χ1) is 12.0. The third kappa shape index (κ3) is 6.71. The molecule has 2 atom stereocenters. The number of carbonyl (C=O) groups excluding carboxylic acids is 1. The van der Waals surface area contributed by atoms with E-state index in [0.717, 1.165) is 18.5 Å². The summed E-state index contributed by atoms with van der Waals surface area (Å²) in [7, 11) is 3.43. The van der Waals surface area contributed by atoms with Crippen LogP contribution in [0.15, 0.2) is 29.3 Å². The summed E-state index contributed by atoms with van der Waals surface area (Å²) in [6, 6.07) is 6.43. The Morgan fingerprint density at radius 2 is 2.12 bits per heavy atom. The summed E-state index contributed by atoms with van der Waals surface area (Å²) >= 11 is 0. The number of benzene rings is 1. The van der Waals surface area contributed by atoms with Crippen molar-refractivity contribution in [3.8, 4) is 0 Å². The fraction of sp³-hybridized carbons (Fsp3) is 0.556. The number of hydrogen-bond acceptors (Lipinski definition) is 3. The molecule has 8 heteroatoms. The van der Waals surface area contributed by atoms with Gasteiger partial charge in [-0.25, -0.2) is 4.39 Å². The van der Waals surface area contributed by atoms with Crippen LogP contribution in [-0.2, 0) is 9.53 Å². The number of halogens is 2. The van der Waals surface area contributed by atoms with Gasteiger partial charge in [-0.2, -0.15) is 0 Å². The van der Waals surface area contributed by atoms with E-state index in [0.29, 0.717) is 25.5 Å². The molecule has 1 saturated heterocycles. The molecule has 2 rings (SSSR count). The smallest absolute Gasteiger partial charge is 0.222 e. The van der Waals surface area contributed by atoms with Crippen molar-refractivity contribution < 1.29 is 13.9 Å². The molecule has 0 radical (unpaired) electrons. The average molecular weight is 478 g/mol. The van der Waals surface area contributed by atoms with E-state index in [1.165, 1.54) is 12.1 Å². The molecule has 2 unspecified atom stereocenters. The minimum absolute atomic E-state index is 0. The lowest BCUT2D eigenvalue weighted by molar-refractivity contribution is -0.132. The maximum atomic E-state index is 13.1. The first kappa shape index (κ1) is 22.6. The Hall–Kier alpha value is -1.42. The highest BCUT2D eigenvalue weighted by atomic mass is 127. The van der Waals surface area contributed by atoms with E-state index in [9.17, 15) is 9.18 Å². The Kier molecular flexibility index (Phi) is 9.85. The van der Waals surface area contributed by atoms with Crippen molar-refractivity contribution in [1.29, 1.82) is 0 Å². The molecule has 1 aromatic carbocycles. The van der Waals surface area contributed by atoms with Crippen molar-refractivity contribution in [3.63, 3.8) is 0 Å². The number of piperidine rings is 1. The fourth-order valence-electron chi connectivity index (χ4n) is 2.81. The van der Waals surface area contributed by atoms with Crippen LogP contribution in [0.3, 0.4) is 0 Å². The molecule has 1 aliphatic rings. The first-order valence-corrected chi connectivity index (χ1v) is 8.60. The Morgan fingerprint density at radius 3 is 2.69 bits per heavy atom. The van der Waals surface area contributed by atoms with Crippen LogP contribution in [-0.4, -0.2) is 56.6 Å². The van der Waals surface area contributed by atoms with Crippen LogP contribution in [0.2, 0.25) is 0 Å². The predicted molar refractivity (Wildman–Crippen MR) is 111 cm³/mol. The summed E-state index contributed by atoms with van der Waals surface area (Å²) < 4.78 is 18.6. The number of aliphatic imine (C=N–C) groups is 1. The molecule has 1 amide bonds. The first-order valence-electron chi connectivity index (χ1n) is 8.60. The van der Waals surface area contributed by atoms with Gasteiger partial charge in [-0.3, -0.25) is 9.79 Å². The molecule has 0 aromatic heterocycles. The third-order valence-corrected chi connectivity index (χ3v) is 4.25. The summed E-state index contributed by atoms with van der Waals surface area (Å²) in [5.41, 5.74) is 0.881. The van der Waals surface area contributed by atoms with Crippen molar-refractivity contribution in [2.75, 3.05) is 33.8 Å². The molecular weight excluding hydrogens is 450 g/mol. The molecule has 1 heterocycles. The van der Waals surface area contributed by atoms with Crippen LogP contribution in [0.4, 0.5) is 4.39 Å². The Morgan fingerprint density at radius 1 is 1.42 bits per heavy atom. The molecule has 1 aromatic rings. The number of nitrogens with zero attached hydrogens (tertiary/aromatic N) is 2. The second-order valence-electron chi connectivity index (χ2n) is 6.15. The van der Waals surface area contributed by atoms with Crippen molar-refractivity contribution in [2.24, 2.45) is 4.99 Å². The van der Waals surface area contributed by atoms with E-state index in [-0.39, 0.29) is 47.8 Å². The van der Waals surface area contributed by atoms with Crippen LogP contribution in [0.1, 0.15) is 31.4 Å². The summed E-state index contributed by atoms with van der Waals surface area (Å²) in [5.74, 6) is 0.600. The Labute approximate surface area is 171 Å². The van der Waals surface area contributed by atoms with Gasteiger partial charge in [0.15, 0.2) is 5.96 Å². The number of rotatable bonds is 6. The van der Waals surface area contributed by atoms with Crippen molar-refractivity contribution in [1.82, 2.24) is 15.5 Å². The van der Waals surface area contributed by atoms with Gasteiger partial charge < -0.3 is 20.3 Å². The number of methoxy groups -OCH3 is 1. The zero-order valence-corrected chi connectivity index (χ0v) is 17.8. The van der Waals surface area contributed by atoms with Gasteiger partial charge >= 0.3 is 0 Å². The van der Waals surface area contributed by atoms with E-state index in [1.807, 2.05) is 14.0 Å². The molecule has 0 bridgehead atoms. The van der Waals surface area contributed by atoms with Crippen LogP contribution in [0.5, 0.6) is 0 Å². The molecule has 1 fully saturated rings. The number of likely N-dealkylation sites (tertiary alicyclic amines) is 1. The van der Waals surface area contributed by atoms with E-state index >= 15 is 0 Å². The Balaban J connectivity index is 0.00000338. The van der Waals surface area contributed by atoms with E-state index < -0.39 is 0 Å². The molecule has 0 aliphatic carbocycles. The van der Waals surface area contributed by atoms with Crippen LogP contribution < -0.4 is 10.6 Å². The standard InChI is InChI=1S/C18H27FN4O2.HI/c1-4-20-18(22-15-9-10-17(24)23(2)12-15)21-11-16(25-3)13-5-7-14(19)8-6-13;/h5-8,15-16H,4,9-12H2,1-3H3,(H2,20,21,22);1H. The van der Waals surface area contributed by atoms with Crippen LogP contribution in [0, 0.1) is 5.82 Å². The van der Waals surface area contributed by atoms with Crippen molar-refractivity contribution >= 4 is 35.8 Å². The summed E-state index contributed by atoms with van der Waals surface area (Å²) in [6.07, 6.45) is 1.09. The van der Waals surface area contributed by atoms with Gasteiger partial charge in [-0.05, 0) is 31.0 Å². The van der Waals surface area contributed by atoms with Gasteiger partial charge in [0, 0.05) is 39.7 Å². The Bertz CT molecular complexity index is 597. The van der Waals surface area contributed by atoms with E-state index in [1.54, 1.807) is 24.1 Å². The minimum Gasteiger partial charge on any atom is -0.375 e. The maximum Gasteiger partial charge on any atom is 0.222 e. The number of hydrogen-bond donors (Lipinski definition) is 2. The fourth-order valence-corrected chi connectivity index (χ4v) is 2.81. The molecule has 1 aliphatic heterocycles. The number of carbonyl (C=O) groups is 1. The van der Waals surface area contributed by atoms with Crippen molar-refractivity contribution in [3.05, 3.63) is 35.6 Å². The molecule has 146 valence electrons. The van der Waals surface area contributed by atoms with E-state index in [4.69, 9.17) is 4.74 Å². The lowest BCUT2D eigenvalue weighted by Gasteiger charge is -2.31. The average Bonchev–Trinajstić information content (AvgIpc) is 2.60. The van der Waals surface area contributed by atoms with Crippen LogP contribution >= 0.6 is 24.0 Å². The topological polar surface area (TPSA) is 66.0 Å². The molecule has 6 nitrogen and oxygen atoms in total. The monoisotopic (exact) mass is 478 g/mol. The van der Waals surface area contributed by atoms with Gasteiger partial charge in [-0.1, -0.05) is 12.1 Å². The highest BCUT2D eigenvalue weighted by Crippen LogP contribution is 2.17. The predicted octanol–water partition coefficient (Wildman–Crippen LogP) is 2.31. The van der Waals surface area contributed by atoms with Crippen molar-refractivity contribution in [2.45, 2.75) is 31.9 Å². The quantitative estimate of drug-likeness (QED) is 0.374. The van der Waals surface area contributed by atoms with Crippen LogP contribution in [0.25, 0.3) is 0 Å². The summed E-state index contributed by atoms with van der Waals surface area (Å²) in [6.45, 7) is 3.82. The lowest BCUT2D eigenvalue weighted by atomic mass is 10.1. The highest BCUT2D eigenvalue weighted by molar-refractivity contribution is 14.0. The SMILES string of the molecule is CCNC(=NCC(OC)c1ccc(F)cc1)NC1CCC(=O)N(C)C1.I. The summed E-state index contributed by atoms with van der Waals surface area (Å²) in [4.78, 5) is 17.9.